The van der Waals surface area contributed by atoms with Crippen molar-refractivity contribution in [2.75, 3.05) is 6.54 Å². The monoisotopic (exact) mass is 261 g/mol. The van der Waals surface area contributed by atoms with Crippen LogP contribution in [0.15, 0.2) is 24.3 Å². The zero-order chi connectivity index (χ0) is 13.8. The summed E-state index contributed by atoms with van der Waals surface area (Å²) in [6, 6.07) is 8.14. The molecule has 1 aliphatic rings. The third-order valence-electron chi connectivity index (χ3n) is 3.31. The molecule has 1 N–H and O–H groups in total. The molecule has 4 nitrogen and oxygen atoms in total. The number of aliphatic carboxylic acids is 1. The smallest absolute Gasteiger partial charge is 0.305 e. The molecule has 4 heteroatoms. The lowest BCUT2D eigenvalue weighted by atomic mass is 10.1. The Morgan fingerprint density at radius 3 is 2.68 bits per heavy atom. The minimum atomic E-state index is -0.853. The lowest BCUT2D eigenvalue weighted by Gasteiger charge is -2.21. The van der Waals surface area contributed by atoms with Gasteiger partial charge in [0.05, 0.1) is 12.8 Å². The molecular weight excluding hydrogens is 242 g/mol. The quantitative estimate of drug-likeness (QED) is 0.852. The molecule has 0 atom stereocenters. The van der Waals surface area contributed by atoms with Crippen LogP contribution in [0, 0.1) is 6.92 Å². The van der Waals surface area contributed by atoms with Gasteiger partial charge in [0.1, 0.15) is 0 Å². The molecule has 0 aromatic heterocycles. The number of amides is 1. The van der Waals surface area contributed by atoms with Gasteiger partial charge in [0.2, 0.25) is 5.91 Å². The molecular formula is C15H19NO3. The van der Waals surface area contributed by atoms with Gasteiger partial charge in [-0.3, -0.25) is 9.59 Å². The van der Waals surface area contributed by atoms with Gasteiger partial charge >= 0.3 is 5.97 Å². The topological polar surface area (TPSA) is 57.6 Å². The summed E-state index contributed by atoms with van der Waals surface area (Å²) in [6.07, 6.45) is 2.38. The van der Waals surface area contributed by atoms with Crippen LogP contribution in [0.2, 0.25) is 0 Å². The average Bonchev–Trinajstić information content (AvgIpc) is 3.13. The van der Waals surface area contributed by atoms with E-state index in [1.807, 2.05) is 31.2 Å². The molecule has 1 fully saturated rings. The fourth-order valence-electron chi connectivity index (χ4n) is 2.21. The maximum atomic E-state index is 12.3. The van der Waals surface area contributed by atoms with Crippen LogP contribution < -0.4 is 0 Å². The zero-order valence-electron chi connectivity index (χ0n) is 11.1. The molecule has 1 saturated carbocycles. The second-order valence-corrected chi connectivity index (χ2v) is 5.13. The minimum absolute atomic E-state index is 0.0239. The van der Waals surface area contributed by atoms with E-state index in [2.05, 4.69) is 0 Å². The van der Waals surface area contributed by atoms with Gasteiger partial charge in [0, 0.05) is 12.6 Å². The van der Waals surface area contributed by atoms with Crippen molar-refractivity contribution in [3.05, 3.63) is 35.4 Å². The van der Waals surface area contributed by atoms with Crippen molar-refractivity contribution < 1.29 is 14.7 Å². The van der Waals surface area contributed by atoms with E-state index >= 15 is 0 Å². The minimum Gasteiger partial charge on any atom is -0.481 e. The predicted octanol–water partition coefficient (Wildman–Crippen LogP) is 2.00. The average molecular weight is 261 g/mol. The van der Waals surface area contributed by atoms with Gasteiger partial charge in [-0.2, -0.15) is 0 Å². The molecule has 2 rings (SSSR count). The molecule has 1 aliphatic carbocycles. The number of benzene rings is 1. The van der Waals surface area contributed by atoms with E-state index in [1.165, 1.54) is 0 Å². The predicted molar refractivity (Wildman–Crippen MR) is 71.9 cm³/mol. The Hall–Kier alpha value is -1.84. The van der Waals surface area contributed by atoms with E-state index < -0.39 is 5.97 Å². The maximum absolute atomic E-state index is 12.3. The highest BCUT2D eigenvalue weighted by Crippen LogP contribution is 2.27. The second kappa shape index (κ2) is 5.87. The summed E-state index contributed by atoms with van der Waals surface area (Å²) in [5.74, 6) is -0.816. The first-order valence-electron chi connectivity index (χ1n) is 6.63. The molecule has 1 amide bonds. The molecule has 102 valence electrons. The first-order chi connectivity index (χ1) is 9.06. The highest BCUT2D eigenvalue weighted by atomic mass is 16.4. The number of hydrogen-bond donors (Lipinski definition) is 1. The Balaban J connectivity index is 1.97. The van der Waals surface area contributed by atoms with Crippen molar-refractivity contribution in [2.45, 2.75) is 38.6 Å². The van der Waals surface area contributed by atoms with Gasteiger partial charge < -0.3 is 10.0 Å². The van der Waals surface area contributed by atoms with Crippen LogP contribution in [-0.4, -0.2) is 34.5 Å². The molecule has 1 aromatic carbocycles. The molecule has 0 unspecified atom stereocenters. The van der Waals surface area contributed by atoms with Gasteiger partial charge in [-0.15, -0.1) is 0 Å². The van der Waals surface area contributed by atoms with Crippen LogP contribution >= 0.6 is 0 Å². The fraction of sp³-hybridized carbons (Fsp3) is 0.467. The highest BCUT2D eigenvalue weighted by Gasteiger charge is 2.32. The van der Waals surface area contributed by atoms with Crippen LogP contribution in [0.4, 0.5) is 0 Å². The van der Waals surface area contributed by atoms with Crippen molar-refractivity contribution in [3.8, 4) is 0 Å². The summed E-state index contributed by atoms with van der Waals surface area (Å²) >= 11 is 0. The van der Waals surface area contributed by atoms with E-state index in [1.54, 1.807) is 4.90 Å². The lowest BCUT2D eigenvalue weighted by Crippen LogP contribution is -2.36. The number of carboxylic acids is 1. The lowest BCUT2D eigenvalue weighted by molar-refractivity contribution is -0.138. The molecule has 0 aliphatic heterocycles. The molecule has 0 radical (unpaired) electrons. The molecule has 0 spiro atoms. The normalized spacial score (nSPS) is 14.2. The summed E-state index contributed by atoms with van der Waals surface area (Å²) in [5, 5.41) is 8.73. The second-order valence-electron chi connectivity index (χ2n) is 5.13. The molecule has 0 bridgehead atoms. The third kappa shape index (κ3) is 4.09. The SMILES string of the molecule is Cc1cccc(CC(=O)N(CCC(=O)O)C2CC2)c1. The number of carbonyl (C=O) groups is 2. The van der Waals surface area contributed by atoms with Crippen molar-refractivity contribution in [3.63, 3.8) is 0 Å². The van der Waals surface area contributed by atoms with E-state index in [-0.39, 0.29) is 18.4 Å². The van der Waals surface area contributed by atoms with E-state index in [4.69, 9.17) is 5.11 Å². The van der Waals surface area contributed by atoms with Crippen LogP contribution in [-0.2, 0) is 16.0 Å². The van der Waals surface area contributed by atoms with Gasteiger partial charge in [-0.25, -0.2) is 0 Å². The van der Waals surface area contributed by atoms with E-state index in [0.717, 1.165) is 24.0 Å². The molecule has 0 heterocycles. The number of carbonyl (C=O) groups excluding carboxylic acids is 1. The summed E-state index contributed by atoms with van der Waals surface area (Å²) < 4.78 is 0. The van der Waals surface area contributed by atoms with Gasteiger partial charge in [0.25, 0.3) is 0 Å². The largest absolute Gasteiger partial charge is 0.481 e. The van der Waals surface area contributed by atoms with Crippen molar-refractivity contribution in [1.29, 1.82) is 0 Å². The van der Waals surface area contributed by atoms with Crippen LogP contribution in [0.5, 0.6) is 0 Å². The van der Waals surface area contributed by atoms with Crippen molar-refractivity contribution in [1.82, 2.24) is 4.90 Å². The Labute approximate surface area is 113 Å². The number of hydrogen-bond acceptors (Lipinski definition) is 2. The fourth-order valence-corrected chi connectivity index (χ4v) is 2.21. The molecule has 19 heavy (non-hydrogen) atoms. The van der Waals surface area contributed by atoms with Gasteiger partial charge in [-0.1, -0.05) is 29.8 Å². The Bertz CT molecular complexity index is 480. The number of carboxylic acid groups (broad SMARTS) is 1. The highest BCUT2D eigenvalue weighted by molar-refractivity contribution is 5.80. The van der Waals surface area contributed by atoms with Crippen LogP contribution in [0.1, 0.15) is 30.4 Å². The summed E-state index contributed by atoms with van der Waals surface area (Å²) in [4.78, 5) is 24.6. The summed E-state index contributed by atoms with van der Waals surface area (Å²) in [5.41, 5.74) is 2.12. The van der Waals surface area contributed by atoms with E-state index in [9.17, 15) is 9.59 Å². The summed E-state index contributed by atoms with van der Waals surface area (Å²) in [7, 11) is 0. The van der Waals surface area contributed by atoms with Gasteiger partial charge in [0.15, 0.2) is 0 Å². The third-order valence-corrected chi connectivity index (χ3v) is 3.31. The van der Waals surface area contributed by atoms with Gasteiger partial charge in [-0.05, 0) is 25.3 Å². The van der Waals surface area contributed by atoms with E-state index in [0.29, 0.717) is 13.0 Å². The standard InChI is InChI=1S/C15H19NO3/c1-11-3-2-4-12(9-11)10-14(17)16(13-5-6-13)8-7-15(18)19/h2-4,9,13H,5-8,10H2,1H3,(H,18,19). The first kappa shape index (κ1) is 13.6. The van der Waals surface area contributed by atoms with Crippen molar-refractivity contribution in [2.24, 2.45) is 0 Å². The first-order valence-corrected chi connectivity index (χ1v) is 6.63. The Morgan fingerprint density at radius 1 is 1.37 bits per heavy atom. The Morgan fingerprint density at radius 2 is 2.11 bits per heavy atom. The number of nitrogens with zero attached hydrogens (tertiary/aromatic N) is 1. The molecule has 0 saturated heterocycles. The van der Waals surface area contributed by atoms with Crippen LogP contribution in [0.25, 0.3) is 0 Å². The Kier molecular flexibility index (Phi) is 4.20. The van der Waals surface area contributed by atoms with Crippen LogP contribution in [0.3, 0.4) is 0 Å². The maximum Gasteiger partial charge on any atom is 0.305 e. The number of rotatable bonds is 6. The summed E-state index contributed by atoms with van der Waals surface area (Å²) in [6.45, 7) is 2.32. The molecule has 1 aromatic rings. The van der Waals surface area contributed by atoms with Crippen molar-refractivity contribution >= 4 is 11.9 Å². The number of aryl methyl sites for hydroxylation is 1. The zero-order valence-corrected chi connectivity index (χ0v) is 11.1.